The van der Waals surface area contributed by atoms with Gasteiger partial charge < -0.3 is 14.5 Å². The van der Waals surface area contributed by atoms with E-state index in [1.54, 1.807) is 30.1 Å². The van der Waals surface area contributed by atoms with Gasteiger partial charge in [-0.25, -0.2) is 4.98 Å². The predicted molar refractivity (Wildman–Crippen MR) is 82.6 cm³/mol. The molecule has 0 saturated heterocycles. The van der Waals surface area contributed by atoms with E-state index in [4.69, 9.17) is 4.74 Å². The first-order valence-corrected chi connectivity index (χ1v) is 6.96. The number of methoxy groups -OCH3 is 1. The van der Waals surface area contributed by atoms with Crippen LogP contribution in [0.15, 0.2) is 48.9 Å². The molecule has 1 aromatic carbocycles. The van der Waals surface area contributed by atoms with Crippen LogP contribution in [0.2, 0.25) is 0 Å². The van der Waals surface area contributed by atoms with Crippen molar-refractivity contribution in [2.45, 2.75) is 0 Å². The SMILES string of the molecule is COCCNC(=O)c1cn2ccnc(-c3ccccc3)c2n1. The van der Waals surface area contributed by atoms with E-state index in [1.165, 1.54) is 0 Å². The first kappa shape index (κ1) is 14.2. The highest BCUT2D eigenvalue weighted by Gasteiger charge is 2.13. The molecule has 0 aliphatic rings. The zero-order valence-electron chi connectivity index (χ0n) is 12.2. The molecule has 0 saturated carbocycles. The number of nitrogens with one attached hydrogen (secondary N) is 1. The number of nitrogens with zero attached hydrogens (tertiary/aromatic N) is 3. The van der Waals surface area contributed by atoms with Gasteiger partial charge in [0.25, 0.3) is 5.91 Å². The van der Waals surface area contributed by atoms with Crippen LogP contribution >= 0.6 is 0 Å². The number of fused-ring (bicyclic) bond motifs is 1. The normalized spacial score (nSPS) is 10.8. The minimum atomic E-state index is -0.222. The number of hydrogen-bond donors (Lipinski definition) is 1. The van der Waals surface area contributed by atoms with Crippen molar-refractivity contribution in [1.29, 1.82) is 0 Å². The Morgan fingerprint density at radius 1 is 1.32 bits per heavy atom. The monoisotopic (exact) mass is 296 g/mol. The van der Waals surface area contributed by atoms with Gasteiger partial charge in [0.2, 0.25) is 0 Å². The Balaban J connectivity index is 1.95. The van der Waals surface area contributed by atoms with E-state index < -0.39 is 0 Å². The smallest absolute Gasteiger partial charge is 0.271 e. The van der Waals surface area contributed by atoms with E-state index in [9.17, 15) is 4.79 Å². The fourth-order valence-electron chi connectivity index (χ4n) is 2.19. The Labute approximate surface area is 127 Å². The van der Waals surface area contributed by atoms with E-state index in [-0.39, 0.29) is 5.91 Å². The Morgan fingerprint density at radius 2 is 2.14 bits per heavy atom. The maximum atomic E-state index is 12.1. The molecule has 0 aliphatic carbocycles. The second kappa shape index (κ2) is 6.36. The van der Waals surface area contributed by atoms with Crippen LogP contribution in [0.4, 0.5) is 0 Å². The van der Waals surface area contributed by atoms with Gasteiger partial charge in [0.1, 0.15) is 11.4 Å². The molecule has 6 heteroatoms. The third-order valence-electron chi connectivity index (χ3n) is 3.25. The molecule has 0 aliphatic heterocycles. The van der Waals surface area contributed by atoms with Gasteiger partial charge in [-0.3, -0.25) is 9.78 Å². The molecule has 0 unspecified atom stereocenters. The number of rotatable bonds is 5. The van der Waals surface area contributed by atoms with Crippen LogP contribution in [-0.4, -0.2) is 40.5 Å². The zero-order chi connectivity index (χ0) is 15.4. The molecular formula is C16H16N4O2. The van der Waals surface area contributed by atoms with Crippen molar-refractivity contribution in [1.82, 2.24) is 19.7 Å². The number of imidazole rings is 1. The van der Waals surface area contributed by atoms with Crippen molar-refractivity contribution in [2.24, 2.45) is 0 Å². The Morgan fingerprint density at radius 3 is 2.91 bits per heavy atom. The number of benzene rings is 1. The standard InChI is InChI=1S/C16H16N4O2/c1-22-10-8-18-16(21)13-11-20-9-7-17-14(15(20)19-13)12-5-3-2-4-6-12/h2-7,9,11H,8,10H2,1H3,(H,18,21). The molecule has 3 aromatic rings. The second-order valence-electron chi connectivity index (χ2n) is 4.75. The summed E-state index contributed by atoms with van der Waals surface area (Å²) in [4.78, 5) is 20.9. The fourth-order valence-corrected chi connectivity index (χ4v) is 2.19. The van der Waals surface area contributed by atoms with Gasteiger partial charge in [0, 0.05) is 37.8 Å². The molecule has 0 spiro atoms. The number of aromatic nitrogens is 3. The molecule has 2 aromatic heterocycles. The second-order valence-corrected chi connectivity index (χ2v) is 4.75. The van der Waals surface area contributed by atoms with Gasteiger partial charge >= 0.3 is 0 Å². The summed E-state index contributed by atoms with van der Waals surface area (Å²) < 4.78 is 6.72. The average molecular weight is 296 g/mol. The van der Waals surface area contributed by atoms with Crippen molar-refractivity contribution in [3.63, 3.8) is 0 Å². The number of amides is 1. The molecule has 0 atom stereocenters. The van der Waals surface area contributed by atoms with Gasteiger partial charge in [-0.05, 0) is 0 Å². The molecule has 112 valence electrons. The Hall–Kier alpha value is -2.73. The largest absolute Gasteiger partial charge is 0.383 e. The number of carbonyl (C=O) groups is 1. The highest BCUT2D eigenvalue weighted by Crippen LogP contribution is 2.21. The summed E-state index contributed by atoms with van der Waals surface area (Å²) in [6, 6.07) is 9.78. The summed E-state index contributed by atoms with van der Waals surface area (Å²) in [6.07, 6.45) is 5.18. The summed E-state index contributed by atoms with van der Waals surface area (Å²) in [5, 5.41) is 2.76. The lowest BCUT2D eigenvalue weighted by Crippen LogP contribution is -2.27. The Bertz CT molecular complexity index is 783. The third-order valence-corrected chi connectivity index (χ3v) is 3.25. The van der Waals surface area contributed by atoms with Crippen LogP contribution in [0.25, 0.3) is 16.9 Å². The lowest BCUT2D eigenvalue weighted by molar-refractivity contribution is 0.0932. The van der Waals surface area contributed by atoms with Crippen molar-refractivity contribution >= 4 is 11.6 Å². The summed E-state index contributed by atoms with van der Waals surface area (Å²) in [5.74, 6) is -0.222. The number of ether oxygens (including phenoxy) is 1. The van der Waals surface area contributed by atoms with Gasteiger partial charge in [-0.2, -0.15) is 0 Å². The molecule has 1 N–H and O–H groups in total. The molecule has 0 bridgehead atoms. The molecule has 2 heterocycles. The van der Waals surface area contributed by atoms with Crippen molar-refractivity contribution < 1.29 is 9.53 Å². The highest BCUT2D eigenvalue weighted by molar-refractivity contribution is 5.93. The van der Waals surface area contributed by atoms with Gasteiger partial charge in [-0.15, -0.1) is 0 Å². The van der Waals surface area contributed by atoms with Gasteiger partial charge in [0.15, 0.2) is 5.65 Å². The zero-order valence-corrected chi connectivity index (χ0v) is 12.2. The Kier molecular flexibility index (Phi) is 4.11. The van der Waals surface area contributed by atoms with E-state index in [1.807, 2.05) is 30.3 Å². The molecule has 22 heavy (non-hydrogen) atoms. The van der Waals surface area contributed by atoms with Crippen LogP contribution in [0.3, 0.4) is 0 Å². The number of carbonyl (C=O) groups excluding carboxylic acids is 1. The number of hydrogen-bond acceptors (Lipinski definition) is 4. The summed E-state index contributed by atoms with van der Waals surface area (Å²) >= 11 is 0. The molecule has 6 nitrogen and oxygen atoms in total. The molecule has 0 radical (unpaired) electrons. The quantitative estimate of drug-likeness (QED) is 0.729. The molecular weight excluding hydrogens is 280 g/mol. The first-order valence-electron chi connectivity index (χ1n) is 6.96. The highest BCUT2D eigenvalue weighted by atomic mass is 16.5. The minimum absolute atomic E-state index is 0.222. The van der Waals surface area contributed by atoms with Crippen LogP contribution in [-0.2, 0) is 4.74 Å². The summed E-state index contributed by atoms with van der Waals surface area (Å²) in [6.45, 7) is 0.920. The maximum absolute atomic E-state index is 12.1. The minimum Gasteiger partial charge on any atom is -0.383 e. The first-order chi connectivity index (χ1) is 10.8. The van der Waals surface area contributed by atoms with Crippen LogP contribution in [0.1, 0.15) is 10.5 Å². The van der Waals surface area contributed by atoms with E-state index in [0.29, 0.717) is 24.5 Å². The van der Waals surface area contributed by atoms with Crippen LogP contribution in [0, 0.1) is 0 Å². The lowest BCUT2D eigenvalue weighted by Gasteiger charge is -2.01. The van der Waals surface area contributed by atoms with Gasteiger partial charge in [0.05, 0.1) is 6.61 Å². The van der Waals surface area contributed by atoms with Crippen molar-refractivity contribution in [3.8, 4) is 11.3 Å². The molecule has 0 fully saturated rings. The predicted octanol–water partition coefficient (Wildman–Crippen LogP) is 1.77. The van der Waals surface area contributed by atoms with Crippen molar-refractivity contribution in [2.75, 3.05) is 20.3 Å². The van der Waals surface area contributed by atoms with E-state index >= 15 is 0 Å². The average Bonchev–Trinajstić information content (AvgIpc) is 3.00. The molecule has 1 amide bonds. The van der Waals surface area contributed by atoms with E-state index in [2.05, 4.69) is 15.3 Å². The fraction of sp³-hybridized carbons (Fsp3) is 0.188. The maximum Gasteiger partial charge on any atom is 0.271 e. The third kappa shape index (κ3) is 2.82. The lowest BCUT2D eigenvalue weighted by atomic mass is 10.1. The van der Waals surface area contributed by atoms with Gasteiger partial charge in [-0.1, -0.05) is 30.3 Å². The molecule has 3 rings (SSSR count). The summed E-state index contributed by atoms with van der Waals surface area (Å²) in [7, 11) is 1.59. The topological polar surface area (TPSA) is 68.5 Å². The van der Waals surface area contributed by atoms with E-state index in [0.717, 1.165) is 11.3 Å². The summed E-state index contributed by atoms with van der Waals surface area (Å²) in [5.41, 5.74) is 2.73. The van der Waals surface area contributed by atoms with Crippen LogP contribution < -0.4 is 5.32 Å². The van der Waals surface area contributed by atoms with Crippen molar-refractivity contribution in [3.05, 3.63) is 54.6 Å². The van der Waals surface area contributed by atoms with Crippen LogP contribution in [0.5, 0.6) is 0 Å².